The number of halogens is 3. The lowest BCUT2D eigenvalue weighted by molar-refractivity contribution is -0.162. The van der Waals surface area contributed by atoms with Crippen LogP contribution in [0.5, 0.6) is 5.75 Å². The molecule has 0 bridgehead atoms. The lowest BCUT2D eigenvalue weighted by atomic mass is 10.0. The molecule has 0 radical (unpaired) electrons. The number of carbonyl (C=O) groups is 2. The number of hydrogen-bond donors (Lipinski definition) is 2. The fraction of sp³-hybridized carbons (Fsp3) is 0.308. The average Bonchev–Trinajstić information content (AvgIpc) is 3.51. The number of carbonyl (C=O) groups excluding carboxylic acids is 2. The van der Waals surface area contributed by atoms with Gasteiger partial charge in [-0.1, -0.05) is 26.0 Å². The van der Waals surface area contributed by atoms with Gasteiger partial charge in [-0.3, -0.25) is 9.59 Å². The molecule has 2 amide bonds. The molecule has 1 aromatic carbocycles. The van der Waals surface area contributed by atoms with Crippen molar-refractivity contribution in [3.05, 3.63) is 59.2 Å². The predicted octanol–water partition coefficient (Wildman–Crippen LogP) is 4.96. The minimum Gasteiger partial charge on any atom is -0.492 e. The second kappa shape index (κ2) is 11.2. The van der Waals surface area contributed by atoms with E-state index in [1.165, 1.54) is 20.8 Å². The molecule has 0 saturated carbocycles. The van der Waals surface area contributed by atoms with Gasteiger partial charge in [0.05, 0.1) is 17.6 Å². The van der Waals surface area contributed by atoms with E-state index >= 15 is 0 Å². The zero-order valence-electron chi connectivity index (χ0n) is 20.9. The Bertz CT molecular complexity index is 1430. The van der Waals surface area contributed by atoms with E-state index in [-0.39, 0.29) is 10.8 Å². The van der Waals surface area contributed by atoms with Gasteiger partial charge in [0.1, 0.15) is 18.4 Å². The van der Waals surface area contributed by atoms with Gasteiger partial charge < -0.3 is 15.4 Å². The maximum atomic E-state index is 13.3. The number of benzene rings is 1. The fourth-order valence-electron chi connectivity index (χ4n) is 3.80. The van der Waals surface area contributed by atoms with Gasteiger partial charge >= 0.3 is 6.18 Å². The second-order valence-electron chi connectivity index (χ2n) is 8.96. The van der Waals surface area contributed by atoms with E-state index in [0.29, 0.717) is 35.7 Å². The minimum absolute atomic E-state index is 0.112. The van der Waals surface area contributed by atoms with Crippen molar-refractivity contribution >= 4 is 28.8 Å². The Kier molecular flexibility index (Phi) is 8.00. The van der Waals surface area contributed by atoms with Crippen LogP contribution in [0.15, 0.2) is 54.3 Å². The van der Waals surface area contributed by atoms with Gasteiger partial charge in [0.25, 0.3) is 5.91 Å². The van der Waals surface area contributed by atoms with Crippen LogP contribution in [-0.2, 0) is 4.79 Å². The Labute approximate surface area is 220 Å². The Morgan fingerprint density at radius 3 is 2.50 bits per heavy atom. The van der Waals surface area contributed by atoms with Gasteiger partial charge in [0.2, 0.25) is 5.91 Å². The molecule has 0 spiro atoms. The van der Waals surface area contributed by atoms with Gasteiger partial charge in [-0.05, 0) is 40.6 Å². The molecule has 3 heterocycles. The third-order valence-corrected chi connectivity index (χ3v) is 6.66. The summed E-state index contributed by atoms with van der Waals surface area (Å²) in [6.45, 7) is 5.05. The quantitative estimate of drug-likeness (QED) is 0.290. The van der Waals surface area contributed by atoms with Crippen LogP contribution < -0.4 is 15.4 Å². The first-order valence-corrected chi connectivity index (χ1v) is 12.7. The molecular formula is C26H26F3N5O3S. The number of hydrogen-bond acceptors (Lipinski definition) is 6. The van der Waals surface area contributed by atoms with E-state index < -0.39 is 24.0 Å². The first-order chi connectivity index (χ1) is 18.0. The van der Waals surface area contributed by atoms with E-state index in [2.05, 4.69) is 20.7 Å². The summed E-state index contributed by atoms with van der Waals surface area (Å²) in [5.41, 5.74) is 3.56. The van der Waals surface area contributed by atoms with Gasteiger partial charge in [-0.15, -0.1) is 11.3 Å². The molecular weight excluding hydrogens is 519 g/mol. The minimum atomic E-state index is -4.53. The smallest absolute Gasteiger partial charge is 0.408 e. The largest absolute Gasteiger partial charge is 0.492 e. The van der Waals surface area contributed by atoms with Crippen molar-refractivity contribution in [3.8, 4) is 28.0 Å². The summed E-state index contributed by atoms with van der Waals surface area (Å²) >= 11 is 1.06. The molecule has 0 aliphatic rings. The number of alkyl halides is 3. The molecule has 4 rings (SSSR count). The molecule has 8 nitrogen and oxygen atoms in total. The number of aromatic nitrogens is 3. The highest BCUT2D eigenvalue weighted by Gasteiger charge is 2.42. The van der Waals surface area contributed by atoms with Crippen LogP contribution in [0.4, 0.5) is 13.2 Å². The Morgan fingerprint density at radius 1 is 1.11 bits per heavy atom. The monoisotopic (exact) mass is 545 g/mol. The number of thiophene rings is 1. The molecule has 0 fully saturated rings. The maximum absolute atomic E-state index is 13.3. The molecule has 38 heavy (non-hydrogen) atoms. The number of ether oxygens (including phenoxy) is 1. The average molecular weight is 546 g/mol. The molecule has 0 aliphatic carbocycles. The van der Waals surface area contributed by atoms with Crippen molar-refractivity contribution in [2.75, 3.05) is 13.2 Å². The van der Waals surface area contributed by atoms with Gasteiger partial charge in [0, 0.05) is 30.4 Å². The number of fused-ring (bicyclic) bond motifs is 1. The van der Waals surface area contributed by atoms with Crippen LogP contribution in [0.3, 0.4) is 0 Å². The molecule has 200 valence electrons. The fourth-order valence-corrected chi connectivity index (χ4v) is 4.61. The zero-order chi connectivity index (χ0) is 27.4. The third-order valence-electron chi connectivity index (χ3n) is 5.73. The summed E-state index contributed by atoms with van der Waals surface area (Å²) in [5.74, 6) is -1.01. The van der Waals surface area contributed by atoms with Gasteiger partial charge in [0.15, 0.2) is 5.65 Å². The molecule has 12 heteroatoms. The second-order valence-corrected chi connectivity index (χ2v) is 9.87. The zero-order valence-corrected chi connectivity index (χ0v) is 21.7. The summed E-state index contributed by atoms with van der Waals surface area (Å²) in [5, 5.41) is 10.8. The Hall–Kier alpha value is -3.93. The van der Waals surface area contributed by atoms with Crippen LogP contribution in [0.2, 0.25) is 0 Å². The Balaban J connectivity index is 1.47. The van der Waals surface area contributed by atoms with Crippen molar-refractivity contribution in [1.29, 1.82) is 0 Å². The number of rotatable bonds is 9. The maximum Gasteiger partial charge on any atom is 0.408 e. The summed E-state index contributed by atoms with van der Waals surface area (Å²) in [7, 11) is 0. The SMILES string of the molecule is CC(=O)NCCOc1ccc(-c2cnc3c(-c4csc(C(=O)NC(C(C)C)C(F)(F)F)c4)cnn3c2)cc1. The van der Waals surface area contributed by atoms with Crippen LogP contribution >= 0.6 is 11.3 Å². The molecule has 3 aromatic heterocycles. The molecule has 1 unspecified atom stereocenters. The molecule has 4 aromatic rings. The van der Waals surface area contributed by atoms with E-state index in [0.717, 1.165) is 22.5 Å². The molecule has 1 atom stereocenters. The molecule has 0 aliphatic heterocycles. The molecule has 2 N–H and O–H groups in total. The van der Waals surface area contributed by atoms with E-state index in [1.54, 1.807) is 28.4 Å². The standard InChI is InChI=1S/C26H26F3N5O3S/c1-15(2)23(26(27,28)29)33-25(36)22-10-18(14-38-22)21-12-32-34-13-19(11-31-24(21)34)17-4-6-20(7-5-17)37-9-8-30-16(3)35/h4-7,10-15,23H,8-9H2,1-3H3,(H,30,35)(H,33,36). The van der Waals surface area contributed by atoms with Crippen molar-refractivity contribution in [1.82, 2.24) is 25.2 Å². The highest BCUT2D eigenvalue weighted by molar-refractivity contribution is 7.12. The Morgan fingerprint density at radius 2 is 1.84 bits per heavy atom. The van der Waals surface area contributed by atoms with Gasteiger partial charge in [-0.25, -0.2) is 9.50 Å². The molecule has 0 saturated heterocycles. The topological polar surface area (TPSA) is 97.6 Å². The summed E-state index contributed by atoms with van der Waals surface area (Å²) in [4.78, 5) is 28.1. The lowest BCUT2D eigenvalue weighted by Crippen LogP contribution is -2.48. The van der Waals surface area contributed by atoms with Crippen molar-refractivity contribution < 1.29 is 27.5 Å². The lowest BCUT2D eigenvalue weighted by Gasteiger charge is -2.24. The number of amides is 2. The van der Waals surface area contributed by atoms with Crippen molar-refractivity contribution in [2.24, 2.45) is 5.92 Å². The summed E-state index contributed by atoms with van der Waals surface area (Å²) in [6, 6.07) is 7.03. The normalized spacial score (nSPS) is 12.5. The predicted molar refractivity (Wildman–Crippen MR) is 138 cm³/mol. The van der Waals surface area contributed by atoms with E-state index in [1.807, 2.05) is 30.5 Å². The summed E-state index contributed by atoms with van der Waals surface area (Å²) < 4.78 is 47.0. The van der Waals surface area contributed by atoms with Crippen LogP contribution in [0.25, 0.3) is 27.9 Å². The third kappa shape index (κ3) is 6.31. The number of nitrogens with zero attached hydrogens (tertiary/aromatic N) is 3. The van der Waals surface area contributed by atoms with E-state index in [9.17, 15) is 22.8 Å². The van der Waals surface area contributed by atoms with Crippen molar-refractivity contribution in [3.63, 3.8) is 0 Å². The highest BCUT2D eigenvalue weighted by Crippen LogP contribution is 2.31. The number of nitrogens with one attached hydrogen (secondary N) is 2. The first kappa shape index (κ1) is 27.1. The van der Waals surface area contributed by atoms with Crippen molar-refractivity contribution in [2.45, 2.75) is 33.0 Å². The van der Waals surface area contributed by atoms with Crippen LogP contribution in [0, 0.1) is 5.92 Å². The summed E-state index contributed by atoms with van der Waals surface area (Å²) in [6.07, 6.45) is 0.586. The first-order valence-electron chi connectivity index (χ1n) is 11.8. The van der Waals surface area contributed by atoms with Crippen LogP contribution in [-0.4, -0.2) is 51.8 Å². The highest BCUT2D eigenvalue weighted by atomic mass is 32.1. The van der Waals surface area contributed by atoms with Crippen LogP contribution in [0.1, 0.15) is 30.4 Å². The van der Waals surface area contributed by atoms with Gasteiger partial charge in [-0.2, -0.15) is 18.3 Å². The van der Waals surface area contributed by atoms with E-state index in [4.69, 9.17) is 4.74 Å².